The highest BCUT2D eigenvalue weighted by atomic mass is 35.5. The number of piperazine rings is 1. The van der Waals surface area contributed by atoms with Crippen LogP contribution in [0.5, 0.6) is 0 Å². The Hall–Kier alpha value is -2.79. The van der Waals surface area contributed by atoms with Crippen LogP contribution < -0.4 is 0 Å². The molecule has 42 heavy (non-hydrogen) atoms. The third-order valence-corrected chi connectivity index (χ3v) is 9.45. The van der Waals surface area contributed by atoms with Crippen molar-refractivity contribution < 1.29 is 23.0 Å². The molecule has 2 aromatic rings. The summed E-state index contributed by atoms with van der Waals surface area (Å²) in [6, 6.07) is 10.4. The number of piperidine rings is 1. The van der Waals surface area contributed by atoms with Gasteiger partial charge < -0.3 is 14.4 Å². The molecule has 0 spiro atoms. The van der Waals surface area contributed by atoms with Gasteiger partial charge in [-0.25, -0.2) is 13.6 Å². The topological polar surface area (TPSA) is 63.1 Å². The number of esters is 1. The molecule has 0 N–H and O–H groups in total. The first kappa shape index (κ1) is 29.3. The van der Waals surface area contributed by atoms with E-state index in [4.69, 9.17) is 21.1 Å². The first-order valence-electron chi connectivity index (χ1n) is 14.9. The summed E-state index contributed by atoms with van der Waals surface area (Å²) in [6.45, 7) is 8.28. The van der Waals surface area contributed by atoms with E-state index >= 15 is 0 Å². The molecule has 11 heteroatoms. The van der Waals surface area contributed by atoms with Crippen molar-refractivity contribution in [3.8, 4) is 0 Å². The largest absolute Gasteiger partial charge is 0.462 e. The number of halogens is 3. The Kier molecular flexibility index (Phi) is 8.68. The van der Waals surface area contributed by atoms with Crippen molar-refractivity contribution in [2.24, 2.45) is 0 Å². The Balaban J connectivity index is 1.27. The van der Waals surface area contributed by atoms with Gasteiger partial charge in [-0.1, -0.05) is 48.0 Å². The van der Waals surface area contributed by atoms with Gasteiger partial charge in [-0.2, -0.15) is 5.10 Å². The normalized spacial score (nSPS) is 26.1. The first-order valence-corrected chi connectivity index (χ1v) is 15.3. The third kappa shape index (κ3) is 5.74. The molecule has 3 saturated heterocycles. The molecule has 1 aromatic heterocycles. The minimum absolute atomic E-state index is 0.109. The number of aromatic nitrogens is 2. The average molecular weight is 602 g/mol. The molecule has 1 aliphatic carbocycles. The Bertz CT molecular complexity index is 1320. The fourth-order valence-electron chi connectivity index (χ4n) is 6.61. The SMILES string of the molecule is CCOC(=O)c1cnn(C2CCCN(C3=C(c4ccccc4)C=CC(Cl)(N4CCN(C5COC5)CC4)C3)C2)c1C(F)F. The van der Waals surface area contributed by atoms with Crippen molar-refractivity contribution in [1.29, 1.82) is 0 Å². The number of hydrogen-bond acceptors (Lipinski definition) is 7. The number of nitrogens with zero attached hydrogens (tertiary/aromatic N) is 5. The second-order valence-corrected chi connectivity index (χ2v) is 12.1. The average Bonchev–Trinajstić information content (AvgIpc) is 3.43. The van der Waals surface area contributed by atoms with Crippen LogP contribution in [0.15, 0.2) is 54.4 Å². The predicted molar refractivity (Wildman–Crippen MR) is 156 cm³/mol. The molecule has 0 radical (unpaired) electrons. The van der Waals surface area contributed by atoms with Gasteiger partial charge in [-0.05, 0) is 31.4 Å². The number of likely N-dealkylation sites (tertiary alicyclic amines) is 1. The van der Waals surface area contributed by atoms with Gasteiger partial charge in [0.25, 0.3) is 6.43 Å². The van der Waals surface area contributed by atoms with Gasteiger partial charge in [0.15, 0.2) is 0 Å². The molecule has 2 atom stereocenters. The predicted octanol–water partition coefficient (Wildman–Crippen LogP) is 4.96. The lowest BCUT2D eigenvalue weighted by Gasteiger charge is -2.49. The Morgan fingerprint density at radius 2 is 1.90 bits per heavy atom. The second kappa shape index (κ2) is 12.4. The lowest BCUT2D eigenvalue weighted by Crippen LogP contribution is -2.60. The molecule has 0 saturated carbocycles. The highest BCUT2D eigenvalue weighted by Gasteiger charge is 2.41. The zero-order valence-electron chi connectivity index (χ0n) is 23.9. The first-order chi connectivity index (χ1) is 20.4. The number of rotatable bonds is 8. The van der Waals surface area contributed by atoms with Crippen molar-refractivity contribution in [1.82, 2.24) is 24.5 Å². The number of carbonyl (C=O) groups is 1. The number of benzene rings is 1. The Labute approximate surface area is 250 Å². The molecule has 1 aromatic carbocycles. The summed E-state index contributed by atoms with van der Waals surface area (Å²) in [6.07, 6.45) is 4.71. The lowest BCUT2D eigenvalue weighted by molar-refractivity contribution is -0.0800. The minimum Gasteiger partial charge on any atom is -0.462 e. The van der Waals surface area contributed by atoms with Crippen molar-refractivity contribution in [2.45, 2.75) is 49.7 Å². The van der Waals surface area contributed by atoms with Crippen LogP contribution in [0.2, 0.25) is 0 Å². The van der Waals surface area contributed by atoms with E-state index in [9.17, 15) is 13.6 Å². The molecule has 2 unspecified atom stereocenters. The third-order valence-electron chi connectivity index (χ3n) is 8.95. The summed E-state index contributed by atoms with van der Waals surface area (Å²) in [5.74, 6) is -0.768. The van der Waals surface area contributed by atoms with Gasteiger partial charge in [-0.3, -0.25) is 14.5 Å². The number of carbonyl (C=O) groups excluding carboxylic acids is 1. The minimum atomic E-state index is -2.85. The summed E-state index contributed by atoms with van der Waals surface area (Å²) in [5, 5.41) is 4.29. The number of alkyl halides is 3. The summed E-state index contributed by atoms with van der Waals surface area (Å²) in [5.41, 5.74) is 2.76. The van der Waals surface area contributed by atoms with Crippen LogP contribution in [0.4, 0.5) is 8.78 Å². The Morgan fingerprint density at radius 1 is 1.14 bits per heavy atom. The van der Waals surface area contributed by atoms with Gasteiger partial charge in [0.2, 0.25) is 0 Å². The summed E-state index contributed by atoms with van der Waals surface area (Å²) in [4.78, 5) is 18.9. The molecule has 6 rings (SSSR count). The van der Waals surface area contributed by atoms with Crippen molar-refractivity contribution in [3.63, 3.8) is 0 Å². The second-order valence-electron chi connectivity index (χ2n) is 11.4. The highest BCUT2D eigenvalue weighted by Crippen LogP contribution is 2.42. The van der Waals surface area contributed by atoms with Crippen LogP contribution >= 0.6 is 11.6 Å². The standard InChI is InChI=1S/C31H38ClF2N5O3/c1-2-42-30(40)26-18-35-39(28(26)29(33)34)23-9-6-12-37(19-23)27-17-31(32,11-10-25(27)22-7-4-3-5-8-22)38-15-13-36(14-16-38)24-20-41-21-24/h3-5,7-8,10-11,18,23-24,29H,2,6,9,12-17,19-21H2,1H3. The maximum absolute atomic E-state index is 14.3. The lowest BCUT2D eigenvalue weighted by atomic mass is 9.90. The number of ether oxygens (including phenoxy) is 2. The van der Waals surface area contributed by atoms with Gasteiger partial charge in [0.05, 0.1) is 38.1 Å². The maximum atomic E-state index is 14.3. The van der Waals surface area contributed by atoms with Gasteiger partial charge >= 0.3 is 5.97 Å². The maximum Gasteiger partial charge on any atom is 0.341 e. The molecule has 8 nitrogen and oxygen atoms in total. The van der Waals surface area contributed by atoms with Crippen molar-refractivity contribution >= 4 is 23.1 Å². The molecule has 4 heterocycles. The number of allylic oxidation sites excluding steroid dienone is 2. The van der Waals surface area contributed by atoms with E-state index in [0.29, 0.717) is 25.4 Å². The highest BCUT2D eigenvalue weighted by molar-refractivity contribution is 6.25. The van der Waals surface area contributed by atoms with Crippen molar-refractivity contribution in [2.75, 3.05) is 59.1 Å². The molecule has 0 bridgehead atoms. The van der Waals surface area contributed by atoms with E-state index in [1.165, 1.54) is 10.9 Å². The summed E-state index contributed by atoms with van der Waals surface area (Å²) >= 11 is 7.45. The van der Waals surface area contributed by atoms with E-state index < -0.39 is 17.4 Å². The Morgan fingerprint density at radius 3 is 2.57 bits per heavy atom. The van der Waals surface area contributed by atoms with Crippen LogP contribution in [0, 0.1) is 0 Å². The molecular formula is C31H38ClF2N5O3. The monoisotopic (exact) mass is 601 g/mol. The van der Waals surface area contributed by atoms with E-state index in [1.54, 1.807) is 6.92 Å². The molecule has 4 aliphatic rings. The smallest absolute Gasteiger partial charge is 0.341 e. The van der Waals surface area contributed by atoms with Gasteiger partial charge in [-0.15, -0.1) is 0 Å². The van der Waals surface area contributed by atoms with Crippen LogP contribution in [-0.4, -0.2) is 101 Å². The zero-order chi connectivity index (χ0) is 29.3. The molecule has 226 valence electrons. The van der Waals surface area contributed by atoms with Gasteiger partial charge in [0.1, 0.15) is 16.3 Å². The zero-order valence-corrected chi connectivity index (χ0v) is 24.7. The van der Waals surface area contributed by atoms with E-state index in [2.05, 4.69) is 44.1 Å². The molecular weight excluding hydrogens is 564 g/mol. The van der Waals surface area contributed by atoms with Crippen LogP contribution in [0.25, 0.3) is 5.57 Å². The van der Waals surface area contributed by atoms with Crippen molar-refractivity contribution in [3.05, 3.63) is 71.2 Å². The number of hydrogen-bond donors (Lipinski definition) is 0. The summed E-state index contributed by atoms with van der Waals surface area (Å²) in [7, 11) is 0. The van der Waals surface area contributed by atoms with Crippen LogP contribution in [0.3, 0.4) is 0 Å². The summed E-state index contributed by atoms with van der Waals surface area (Å²) < 4.78 is 40.4. The van der Waals surface area contributed by atoms with Crippen LogP contribution in [-0.2, 0) is 9.47 Å². The quantitative estimate of drug-likeness (QED) is 0.241. The molecule has 3 aliphatic heterocycles. The van der Waals surface area contributed by atoms with E-state index in [0.717, 1.165) is 69.2 Å². The van der Waals surface area contributed by atoms with E-state index in [-0.39, 0.29) is 23.9 Å². The fourth-order valence-corrected chi connectivity index (χ4v) is 6.97. The van der Waals surface area contributed by atoms with E-state index in [1.807, 2.05) is 18.2 Å². The van der Waals surface area contributed by atoms with Gasteiger partial charge in [0, 0.05) is 57.0 Å². The van der Waals surface area contributed by atoms with Crippen LogP contribution in [0.1, 0.15) is 60.3 Å². The fraction of sp³-hybridized carbons (Fsp3) is 0.548. The molecule has 3 fully saturated rings. The molecule has 0 amide bonds.